The Kier molecular flexibility index (Phi) is 5.55. The van der Waals surface area contributed by atoms with Gasteiger partial charge < -0.3 is 14.2 Å². The molecular formula is C15H22N2O7. The van der Waals surface area contributed by atoms with Gasteiger partial charge in [0.05, 0.1) is 19.7 Å². The summed E-state index contributed by atoms with van der Waals surface area (Å²) in [6, 6.07) is -0.735. The molecule has 2 saturated heterocycles. The van der Waals surface area contributed by atoms with Crippen molar-refractivity contribution in [2.75, 3.05) is 27.3 Å². The highest BCUT2D eigenvalue weighted by molar-refractivity contribution is 6.01. The fourth-order valence-electron chi connectivity index (χ4n) is 3.39. The van der Waals surface area contributed by atoms with Crippen molar-refractivity contribution in [3.05, 3.63) is 0 Å². The zero-order valence-electron chi connectivity index (χ0n) is 14.2. The van der Waals surface area contributed by atoms with Crippen molar-refractivity contribution in [2.45, 2.75) is 38.5 Å². The minimum Gasteiger partial charge on any atom is -0.468 e. The third-order valence-electron chi connectivity index (χ3n) is 4.45. The smallest absolute Gasteiger partial charge is 0.317 e. The first-order chi connectivity index (χ1) is 11.3. The molecule has 2 fully saturated rings. The van der Waals surface area contributed by atoms with Crippen molar-refractivity contribution in [2.24, 2.45) is 5.92 Å². The SMILES string of the molecule is COC(=O)[C@@H]1C(=O)CN2[C@@H]([C@@H](COC(C)=O)OC(C)=O)C[C@H]1N2C. The van der Waals surface area contributed by atoms with E-state index in [9.17, 15) is 19.2 Å². The molecule has 2 aliphatic heterocycles. The maximum absolute atomic E-state index is 12.3. The molecule has 9 heteroatoms. The van der Waals surface area contributed by atoms with Crippen molar-refractivity contribution in [3.8, 4) is 0 Å². The molecule has 2 rings (SSSR count). The van der Waals surface area contributed by atoms with E-state index in [2.05, 4.69) is 0 Å². The van der Waals surface area contributed by atoms with Crippen LogP contribution in [-0.2, 0) is 33.4 Å². The molecule has 0 saturated carbocycles. The lowest BCUT2D eigenvalue weighted by Gasteiger charge is -2.38. The number of ketones is 1. The molecule has 2 heterocycles. The van der Waals surface area contributed by atoms with E-state index in [1.165, 1.54) is 21.0 Å². The van der Waals surface area contributed by atoms with Crippen molar-refractivity contribution >= 4 is 23.7 Å². The van der Waals surface area contributed by atoms with E-state index < -0.39 is 29.9 Å². The van der Waals surface area contributed by atoms with Gasteiger partial charge in [0.2, 0.25) is 0 Å². The van der Waals surface area contributed by atoms with Gasteiger partial charge in [0, 0.05) is 26.9 Å². The van der Waals surface area contributed by atoms with Crippen LogP contribution < -0.4 is 0 Å². The summed E-state index contributed by atoms with van der Waals surface area (Å²) in [5.41, 5.74) is 0. The van der Waals surface area contributed by atoms with E-state index in [4.69, 9.17) is 14.2 Å². The fraction of sp³-hybridized carbons (Fsp3) is 0.733. The second-order valence-corrected chi connectivity index (χ2v) is 5.96. The monoisotopic (exact) mass is 342 g/mol. The lowest BCUT2D eigenvalue weighted by atomic mass is 9.91. The van der Waals surface area contributed by atoms with E-state index in [0.29, 0.717) is 6.42 Å². The van der Waals surface area contributed by atoms with Gasteiger partial charge in [-0.1, -0.05) is 0 Å². The number of ether oxygens (including phenoxy) is 3. The highest BCUT2D eigenvalue weighted by Gasteiger charge is 2.54. The zero-order valence-corrected chi connectivity index (χ0v) is 14.2. The Hall–Kier alpha value is -2.00. The van der Waals surface area contributed by atoms with Gasteiger partial charge in [-0.2, -0.15) is 0 Å². The summed E-state index contributed by atoms with van der Waals surface area (Å²) in [7, 11) is 3.01. The summed E-state index contributed by atoms with van der Waals surface area (Å²) in [5.74, 6) is -2.66. The molecule has 0 N–H and O–H groups in total. The van der Waals surface area contributed by atoms with Crippen LogP contribution in [-0.4, -0.2) is 79.2 Å². The van der Waals surface area contributed by atoms with Crippen molar-refractivity contribution < 1.29 is 33.4 Å². The van der Waals surface area contributed by atoms with Crippen molar-refractivity contribution in [3.63, 3.8) is 0 Å². The average Bonchev–Trinajstić information content (AvgIpc) is 2.71. The Bertz CT molecular complexity index is 550. The summed E-state index contributed by atoms with van der Waals surface area (Å²) in [6.45, 7) is 2.44. The minimum absolute atomic E-state index is 0.00920. The Morgan fingerprint density at radius 3 is 2.46 bits per heavy atom. The fourth-order valence-corrected chi connectivity index (χ4v) is 3.39. The molecule has 0 aromatic carbocycles. The number of nitrogens with zero attached hydrogens (tertiary/aromatic N) is 2. The number of carbonyl (C=O) groups is 4. The number of hydrogen-bond acceptors (Lipinski definition) is 9. The number of hydrogen-bond donors (Lipinski definition) is 0. The molecule has 0 radical (unpaired) electrons. The van der Waals surface area contributed by atoms with E-state index in [1.54, 1.807) is 17.1 Å². The Morgan fingerprint density at radius 2 is 1.92 bits per heavy atom. The number of carbonyl (C=O) groups excluding carboxylic acids is 4. The first kappa shape index (κ1) is 18.3. The predicted molar refractivity (Wildman–Crippen MR) is 79.4 cm³/mol. The average molecular weight is 342 g/mol. The van der Waals surface area contributed by atoms with Crippen LogP contribution in [0.2, 0.25) is 0 Å². The molecule has 0 aliphatic carbocycles. The molecule has 0 amide bonds. The van der Waals surface area contributed by atoms with E-state index in [1.807, 2.05) is 0 Å². The molecule has 5 atom stereocenters. The minimum atomic E-state index is -0.868. The third-order valence-corrected chi connectivity index (χ3v) is 4.45. The summed E-state index contributed by atoms with van der Waals surface area (Å²) in [6.07, 6.45) is -0.302. The molecule has 9 nitrogen and oxygen atoms in total. The van der Waals surface area contributed by atoms with Crippen LogP contribution >= 0.6 is 0 Å². The van der Waals surface area contributed by atoms with Crippen LogP contribution in [0.3, 0.4) is 0 Å². The van der Waals surface area contributed by atoms with Gasteiger partial charge in [-0.05, 0) is 6.42 Å². The second kappa shape index (κ2) is 7.27. The quantitative estimate of drug-likeness (QED) is 0.359. The summed E-state index contributed by atoms with van der Waals surface area (Å²) >= 11 is 0. The molecule has 0 aromatic rings. The zero-order chi connectivity index (χ0) is 18.0. The summed E-state index contributed by atoms with van der Waals surface area (Å²) < 4.78 is 15.0. The maximum Gasteiger partial charge on any atom is 0.317 e. The van der Waals surface area contributed by atoms with Crippen LogP contribution in [0.4, 0.5) is 0 Å². The number of esters is 3. The van der Waals surface area contributed by atoms with Crippen molar-refractivity contribution in [1.82, 2.24) is 10.0 Å². The van der Waals surface area contributed by atoms with E-state index in [-0.39, 0.29) is 31.0 Å². The van der Waals surface area contributed by atoms with Gasteiger partial charge in [0.15, 0.2) is 11.9 Å². The normalized spacial score (nSPS) is 30.6. The summed E-state index contributed by atoms with van der Waals surface area (Å²) in [4.78, 5) is 46.7. The van der Waals surface area contributed by atoms with Crippen LogP contribution in [0.15, 0.2) is 0 Å². The summed E-state index contributed by atoms with van der Waals surface area (Å²) in [5, 5.41) is 3.56. The molecule has 134 valence electrons. The van der Waals surface area contributed by atoms with Crippen LogP contribution in [0.25, 0.3) is 0 Å². The van der Waals surface area contributed by atoms with Gasteiger partial charge in [0.1, 0.15) is 12.5 Å². The van der Waals surface area contributed by atoms with E-state index >= 15 is 0 Å². The number of methoxy groups -OCH3 is 1. The number of Topliss-reactive ketones (excluding diaryl/α,β-unsaturated/α-hetero) is 1. The van der Waals surface area contributed by atoms with Gasteiger partial charge in [-0.3, -0.25) is 19.2 Å². The van der Waals surface area contributed by atoms with Crippen LogP contribution in [0, 0.1) is 5.92 Å². The van der Waals surface area contributed by atoms with Gasteiger partial charge in [-0.25, -0.2) is 10.0 Å². The third kappa shape index (κ3) is 3.57. The second-order valence-electron chi connectivity index (χ2n) is 5.96. The highest BCUT2D eigenvalue weighted by Crippen LogP contribution is 2.36. The molecule has 0 spiro atoms. The van der Waals surface area contributed by atoms with Gasteiger partial charge in [0.25, 0.3) is 0 Å². The van der Waals surface area contributed by atoms with Crippen LogP contribution in [0.1, 0.15) is 20.3 Å². The lowest BCUT2D eigenvalue weighted by molar-refractivity contribution is -0.168. The molecule has 1 unspecified atom stereocenters. The largest absolute Gasteiger partial charge is 0.468 e. The van der Waals surface area contributed by atoms with Gasteiger partial charge in [-0.15, -0.1) is 0 Å². The highest BCUT2D eigenvalue weighted by atomic mass is 16.6. The Labute approximate surface area is 139 Å². The maximum atomic E-state index is 12.3. The molecule has 2 bridgehead atoms. The predicted octanol–water partition coefficient (Wildman–Crippen LogP) is -0.857. The molecular weight excluding hydrogens is 320 g/mol. The Morgan fingerprint density at radius 1 is 1.25 bits per heavy atom. The number of fused-ring (bicyclic) bond motifs is 2. The molecule has 0 aromatic heterocycles. The Balaban J connectivity index is 2.21. The first-order valence-corrected chi connectivity index (χ1v) is 7.66. The first-order valence-electron chi connectivity index (χ1n) is 7.66. The van der Waals surface area contributed by atoms with Crippen LogP contribution in [0.5, 0.6) is 0 Å². The lowest BCUT2D eigenvalue weighted by Crippen LogP contribution is -2.57. The van der Waals surface area contributed by atoms with Crippen molar-refractivity contribution in [1.29, 1.82) is 0 Å². The molecule has 2 aliphatic rings. The standard InChI is InChI=1S/C15H22N2O7/c1-8(18)23-7-13(24-9(2)19)10-5-11-14(15(21)22-4)12(20)6-17(10)16(11)3/h10-11,13-14H,5-7H2,1-4H3/t10-,11-,13-,14+/m1/s1. The van der Waals surface area contributed by atoms with E-state index in [0.717, 1.165) is 0 Å². The number of hydrazine groups is 1. The topological polar surface area (TPSA) is 102 Å². The van der Waals surface area contributed by atoms with Gasteiger partial charge >= 0.3 is 17.9 Å². The number of rotatable bonds is 5. The molecule has 24 heavy (non-hydrogen) atoms.